The van der Waals surface area contributed by atoms with E-state index in [1.165, 1.54) is 12.1 Å². The van der Waals surface area contributed by atoms with Crippen LogP contribution in [0.3, 0.4) is 0 Å². The van der Waals surface area contributed by atoms with Crippen molar-refractivity contribution in [1.82, 2.24) is 0 Å². The van der Waals surface area contributed by atoms with E-state index in [0.717, 1.165) is 35.7 Å². The Balaban J connectivity index is 1.76. The first-order valence-corrected chi connectivity index (χ1v) is 10.0. The first kappa shape index (κ1) is 17.0. The number of halogens is 1. The second kappa shape index (κ2) is 5.81. The molecule has 0 aliphatic carbocycles. The van der Waals surface area contributed by atoms with Gasteiger partial charge in [0, 0.05) is 6.54 Å². The predicted molar refractivity (Wildman–Crippen MR) is 97.5 cm³/mol. The van der Waals surface area contributed by atoms with E-state index in [-0.39, 0.29) is 22.4 Å². The fourth-order valence-corrected chi connectivity index (χ4v) is 4.83. The predicted octanol–water partition coefficient (Wildman–Crippen LogP) is 3.33. The van der Waals surface area contributed by atoms with Crippen LogP contribution in [-0.4, -0.2) is 20.9 Å². The minimum Gasteiger partial charge on any atom is -0.311 e. The molecule has 0 fully saturated rings. The van der Waals surface area contributed by atoms with E-state index < -0.39 is 15.8 Å². The lowest BCUT2D eigenvalue weighted by atomic mass is 9.97. The molecule has 2 heterocycles. The van der Waals surface area contributed by atoms with E-state index in [1.807, 2.05) is 0 Å². The second-order valence-corrected chi connectivity index (χ2v) is 8.59. The molecular formula is C19H19FN2O3S. The number of hydrogen-bond acceptors (Lipinski definition) is 3. The maximum atomic E-state index is 13.7. The van der Waals surface area contributed by atoms with Gasteiger partial charge in [0.15, 0.2) is 0 Å². The van der Waals surface area contributed by atoms with Crippen molar-refractivity contribution in [3.05, 3.63) is 52.8 Å². The van der Waals surface area contributed by atoms with Crippen molar-refractivity contribution in [3.63, 3.8) is 0 Å². The van der Waals surface area contributed by atoms with Crippen LogP contribution < -0.4 is 9.62 Å². The van der Waals surface area contributed by atoms with Gasteiger partial charge in [-0.05, 0) is 67.6 Å². The standard InChI is InChI=1S/C19H19FN2O3S/c1-11-5-6-14(9-17(11)20)21-26(24,25)15-8-13-4-3-7-22-18(13)16(10-15)12(2)19(22)23/h5-6,8-10,12,21H,3-4,7H2,1-2H3/t12-/m1/s1. The van der Waals surface area contributed by atoms with Gasteiger partial charge in [0.05, 0.1) is 22.2 Å². The number of sulfonamides is 1. The molecule has 5 nitrogen and oxygen atoms in total. The molecule has 0 saturated heterocycles. The number of carbonyl (C=O) groups excluding carboxylic acids is 1. The van der Waals surface area contributed by atoms with Crippen molar-refractivity contribution < 1.29 is 17.6 Å². The molecule has 2 aliphatic rings. The highest BCUT2D eigenvalue weighted by molar-refractivity contribution is 7.92. The smallest absolute Gasteiger partial charge is 0.261 e. The average molecular weight is 374 g/mol. The molecule has 7 heteroatoms. The van der Waals surface area contributed by atoms with Crippen LogP contribution >= 0.6 is 0 Å². The molecule has 1 N–H and O–H groups in total. The molecule has 4 rings (SSSR count). The Kier molecular flexibility index (Phi) is 3.80. The summed E-state index contributed by atoms with van der Waals surface area (Å²) in [4.78, 5) is 14.3. The van der Waals surface area contributed by atoms with Crippen LogP contribution in [0.1, 0.15) is 36.0 Å². The van der Waals surface area contributed by atoms with E-state index in [9.17, 15) is 17.6 Å². The van der Waals surface area contributed by atoms with Gasteiger partial charge in [-0.15, -0.1) is 0 Å². The van der Waals surface area contributed by atoms with Crippen molar-refractivity contribution in [1.29, 1.82) is 0 Å². The van der Waals surface area contributed by atoms with Gasteiger partial charge >= 0.3 is 0 Å². The molecule has 2 aromatic carbocycles. The fourth-order valence-electron chi connectivity index (χ4n) is 3.69. The zero-order chi connectivity index (χ0) is 18.6. The molecule has 1 atom stereocenters. The summed E-state index contributed by atoms with van der Waals surface area (Å²) in [5, 5.41) is 0. The third-order valence-electron chi connectivity index (χ3n) is 5.13. The molecule has 1 amide bonds. The summed E-state index contributed by atoms with van der Waals surface area (Å²) in [6.45, 7) is 4.09. The summed E-state index contributed by atoms with van der Waals surface area (Å²) in [6, 6.07) is 7.42. The number of rotatable bonds is 3. The maximum Gasteiger partial charge on any atom is 0.261 e. The molecule has 0 bridgehead atoms. The van der Waals surface area contributed by atoms with Crippen LogP contribution in [0, 0.1) is 12.7 Å². The highest BCUT2D eigenvalue weighted by Crippen LogP contribution is 2.44. The molecule has 0 unspecified atom stereocenters. The minimum absolute atomic E-state index is 0.0177. The van der Waals surface area contributed by atoms with Gasteiger partial charge in [0.2, 0.25) is 5.91 Å². The molecule has 0 radical (unpaired) electrons. The summed E-state index contributed by atoms with van der Waals surface area (Å²) < 4.78 is 41.8. The highest BCUT2D eigenvalue weighted by atomic mass is 32.2. The minimum atomic E-state index is -3.88. The first-order chi connectivity index (χ1) is 12.3. The Morgan fingerprint density at radius 2 is 2.00 bits per heavy atom. The molecule has 2 aromatic rings. The topological polar surface area (TPSA) is 66.5 Å². The van der Waals surface area contributed by atoms with Gasteiger partial charge < -0.3 is 4.90 Å². The van der Waals surface area contributed by atoms with Crippen LogP contribution in [0.4, 0.5) is 15.8 Å². The monoisotopic (exact) mass is 374 g/mol. The van der Waals surface area contributed by atoms with E-state index in [0.29, 0.717) is 12.1 Å². The van der Waals surface area contributed by atoms with Gasteiger partial charge in [-0.1, -0.05) is 6.07 Å². The number of nitrogens with one attached hydrogen (secondary N) is 1. The van der Waals surface area contributed by atoms with E-state index in [1.54, 1.807) is 30.9 Å². The molecular weight excluding hydrogens is 355 g/mol. The van der Waals surface area contributed by atoms with Crippen LogP contribution in [-0.2, 0) is 21.2 Å². The third-order valence-corrected chi connectivity index (χ3v) is 6.49. The number of carbonyl (C=O) groups is 1. The van der Waals surface area contributed by atoms with E-state index >= 15 is 0 Å². The third kappa shape index (κ3) is 2.58. The Morgan fingerprint density at radius 3 is 2.73 bits per heavy atom. The largest absolute Gasteiger partial charge is 0.311 e. The summed E-state index contributed by atoms with van der Waals surface area (Å²) in [6.07, 6.45) is 1.55. The number of nitrogens with zero attached hydrogens (tertiary/aromatic N) is 1. The fraction of sp³-hybridized carbons (Fsp3) is 0.316. The summed E-state index contributed by atoms with van der Waals surface area (Å²) >= 11 is 0. The van der Waals surface area contributed by atoms with Gasteiger partial charge in [-0.25, -0.2) is 12.8 Å². The van der Waals surface area contributed by atoms with Crippen molar-refractivity contribution >= 4 is 27.3 Å². The molecule has 2 aliphatic heterocycles. The number of benzene rings is 2. The van der Waals surface area contributed by atoms with Crippen LogP contribution in [0.5, 0.6) is 0 Å². The number of anilines is 2. The first-order valence-electron chi connectivity index (χ1n) is 8.55. The van der Waals surface area contributed by atoms with Crippen molar-refractivity contribution in [2.75, 3.05) is 16.2 Å². The van der Waals surface area contributed by atoms with Gasteiger partial charge in [0.1, 0.15) is 5.82 Å². The summed E-state index contributed by atoms with van der Waals surface area (Å²) in [5.74, 6) is -0.804. The van der Waals surface area contributed by atoms with Crippen molar-refractivity contribution in [2.45, 2.75) is 37.5 Å². The Bertz CT molecular complexity index is 1030. The Labute approximate surface area is 151 Å². The van der Waals surface area contributed by atoms with Gasteiger partial charge in [0.25, 0.3) is 10.0 Å². The molecule has 136 valence electrons. The average Bonchev–Trinajstić information content (AvgIpc) is 2.85. The molecule has 0 aromatic heterocycles. The Morgan fingerprint density at radius 1 is 1.23 bits per heavy atom. The van der Waals surface area contributed by atoms with Crippen LogP contribution in [0.25, 0.3) is 0 Å². The number of amides is 1. The zero-order valence-corrected chi connectivity index (χ0v) is 15.4. The highest BCUT2D eigenvalue weighted by Gasteiger charge is 2.38. The van der Waals surface area contributed by atoms with Crippen LogP contribution in [0.15, 0.2) is 35.2 Å². The van der Waals surface area contributed by atoms with Crippen molar-refractivity contribution in [2.24, 2.45) is 0 Å². The van der Waals surface area contributed by atoms with Crippen molar-refractivity contribution in [3.8, 4) is 0 Å². The van der Waals surface area contributed by atoms with Gasteiger partial charge in [-0.2, -0.15) is 0 Å². The summed E-state index contributed by atoms with van der Waals surface area (Å²) in [5.41, 5.74) is 3.12. The lowest BCUT2D eigenvalue weighted by Crippen LogP contribution is -2.32. The lowest BCUT2D eigenvalue weighted by Gasteiger charge is -2.26. The lowest BCUT2D eigenvalue weighted by molar-refractivity contribution is -0.119. The normalized spacial score (nSPS) is 18.8. The molecule has 0 spiro atoms. The van der Waals surface area contributed by atoms with Gasteiger partial charge in [-0.3, -0.25) is 9.52 Å². The second-order valence-electron chi connectivity index (χ2n) is 6.90. The molecule has 26 heavy (non-hydrogen) atoms. The Hall–Kier alpha value is -2.41. The number of hydrogen-bond donors (Lipinski definition) is 1. The van der Waals surface area contributed by atoms with E-state index in [2.05, 4.69) is 4.72 Å². The number of aryl methyl sites for hydroxylation is 2. The quantitative estimate of drug-likeness (QED) is 0.896. The summed E-state index contributed by atoms with van der Waals surface area (Å²) in [7, 11) is -3.88. The van der Waals surface area contributed by atoms with Crippen LogP contribution in [0.2, 0.25) is 0 Å². The molecule has 0 saturated carbocycles. The SMILES string of the molecule is Cc1ccc(NS(=O)(=O)c2cc3c4c(c2)[C@@H](C)C(=O)N4CCC3)cc1F. The zero-order valence-electron chi connectivity index (χ0n) is 14.5. The van der Waals surface area contributed by atoms with E-state index in [4.69, 9.17) is 0 Å². The maximum absolute atomic E-state index is 13.7.